The Balaban J connectivity index is 3.17. The van der Waals surface area contributed by atoms with Crippen LogP contribution in [0.2, 0.25) is 0 Å². The second-order valence-electron chi connectivity index (χ2n) is 3.15. The molecule has 0 atom stereocenters. The van der Waals surface area contributed by atoms with Crippen molar-refractivity contribution >= 4 is 15.5 Å². The Labute approximate surface area is 93.4 Å². The van der Waals surface area contributed by atoms with Crippen molar-refractivity contribution in [2.75, 3.05) is 19.3 Å². The largest absolute Gasteiger partial charge is 0.319 e. The Kier molecular flexibility index (Phi) is 3.97. The molecular weight excluding hydrogens is 232 g/mol. The molecule has 0 fully saturated rings. The third kappa shape index (κ3) is 2.77. The lowest BCUT2D eigenvalue weighted by atomic mass is 10.3. The first kappa shape index (κ1) is 12.6. The highest BCUT2D eigenvalue weighted by molar-refractivity contribution is 7.91. The minimum Gasteiger partial charge on any atom is -0.319 e. The Hall–Kier alpha value is -1.47. The molecule has 7 heteroatoms. The topological polar surface area (TPSA) is 89.3 Å². The molecule has 0 bridgehead atoms. The molecule has 0 unspecified atom stereocenters. The highest BCUT2D eigenvalue weighted by atomic mass is 32.2. The zero-order chi connectivity index (χ0) is 12.2. The summed E-state index contributed by atoms with van der Waals surface area (Å²) in [6.45, 7) is 0.258. The Morgan fingerprint density at radius 3 is 2.56 bits per heavy atom. The predicted octanol–water partition coefficient (Wildman–Crippen LogP) is 0.588. The van der Waals surface area contributed by atoms with E-state index in [2.05, 4.69) is 5.32 Å². The average molecular weight is 244 g/mol. The van der Waals surface area contributed by atoms with Crippen molar-refractivity contribution in [3.8, 4) is 0 Å². The lowest BCUT2D eigenvalue weighted by Crippen LogP contribution is -2.20. The molecule has 0 radical (unpaired) electrons. The van der Waals surface area contributed by atoms with E-state index in [-0.39, 0.29) is 22.9 Å². The highest BCUT2D eigenvalue weighted by Crippen LogP contribution is 2.23. The molecule has 0 amide bonds. The van der Waals surface area contributed by atoms with Gasteiger partial charge in [-0.1, -0.05) is 12.1 Å². The van der Waals surface area contributed by atoms with E-state index in [0.29, 0.717) is 0 Å². The zero-order valence-corrected chi connectivity index (χ0v) is 9.53. The third-order valence-corrected chi connectivity index (χ3v) is 3.77. The average Bonchev–Trinajstić information content (AvgIpc) is 2.26. The van der Waals surface area contributed by atoms with Crippen LogP contribution in [0.1, 0.15) is 0 Å². The summed E-state index contributed by atoms with van der Waals surface area (Å²) in [4.78, 5) is 9.75. The zero-order valence-electron chi connectivity index (χ0n) is 8.71. The van der Waals surface area contributed by atoms with Gasteiger partial charge in [0.2, 0.25) is 0 Å². The smallest absolute Gasteiger partial charge is 0.287 e. The second kappa shape index (κ2) is 5.04. The summed E-state index contributed by atoms with van der Waals surface area (Å²) in [6, 6.07) is 5.35. The molecule has 1 aromatic rings. The highest BCUT2D eigenvalue weighted by Gasteiger charge is 2.24. The number of benzene rings is 1. The van der Waals surface area contributed by atoms with Crippen molar-refractivity contribution in [3.63, 3.8) is 0 Å². The van der Waals surface area contributed by atoms with Crippen LogP contribution in [0, 0.1) is 10.1 Å². The van der Waals surface area contributed by atoms with E-state index >= 15 is 0 Å². The summed E-state index contributed by atoms with van der Waals surface area (Å²) < 4.78 is 23.5. The van der Waals surface area contributed by atoms with Gasteiger partial charge in [-0.2, -0.15) is 0 Å². The first-order valence-corrected chi connectivity index (χ1v) is 6.25. The SMILES string of the molecule is CNCCS(=O)(=O)c1ccccc1[N+](=O)[O-]. The summed E-state index contributed by atoms with van der Waals surface area (Å²) >= 11 is 0. The Morgan fingerprint density at radius 1 is 1.38 bits per heavy atom. The molecular formula is C9H12N2O4S. The van der Waals surface area contributed by atoms with Crippen molar-refractivity contribution in [3.05, 3.63) is 34.4 Å². The van der Waals surface area contributed by atoms with Gasteiger partial charge in [0.25, 0.3) is 5.69 Å². The lowest BCUT2D eigenvalue weighted by Gasteiger charge is -2.04. The number of sulfone groups is 1. The summed E-state index contributed by atoms with van der Waals surface area (Å²) in [5.74, 6) is -0.158. The van der Waals surface area contributed by atoms with E-state index in [0.717, 1.165) is 0 Å². The van der Waals surface area contributed by atoms with Gasteiger partial charge in [0.1, 0.15) is 4.90 Å². The van der Waals surface area contributed by atoms with Gasteiger partial charge in [-0.15, -0.1) is 0 Å². The number of nitro benzene ring substituents is 1. The molecule has 0 spiro atoms. The van der Waals surface area contributed by atoms with E-state index in [1.165, 1.54) is 24.3 Å². The van der Waals surface area contributed by atoms with E-state index in [1.807, 2.05) is 0 Å². The molecule has 1 aromatic carbocycles. The molecule has 0 aromatic heterocycles. The fourth-order valence-corrected chi connectivity index (χ4v) is 2.66. The quantitative estimate of drug-likeness (QED) is 0.604. The Bertz CT molecular complexity index is 484. The molecule has 0 heterocycles. The van der Waals surface area contributed by atoms with Gasteiger partial charge < -0.3 is 5.32 Å². The summed E-state index contributed by atoms with van der Waals surface area (Å²) in [7, 11) is -1.98. The van der Waals surface area contributed by atoms with E-state index in [1.54, 1.807) is 7.05 Å². The van der Waals surface area contributed by atoms with E-state index in [9.17, 15) is 18.5 Å². The van der Waals surface area contributed by atoms with E-state index < -0.39 is 14.8 Å². The maximum atomic E-state index is 11.8. The van der Waals surface area contributed by atoms with Crippen LogP contribution < -0.4 is 5.32 Å². The number of para-hydroxylation sites is 1. The molecule has 88 valence electrons. The Morgan fingerprint density at radius 2 is 2.00 bits per heavy atom. The monoisotopic (exact) mass is 244 g/mol. The minimum atomic E-state index is -3.60. The van der Waals surface area contributed by atoms with Crippen molar-refractivity contribution in [1.29, 1.82) is 0 Å². The van der Waals surface area contributed by atoms with Gasteiger partial charge in [0.15, 0.2) is 9.84 Å². The number of hydrogen-bond donors (Lipinski definition) is 1. The molecule has 1 rings (SSSR count). The molecule has 6 nitrogen and oxygen atoms in total. The number of hydrogen-bond acceptors (Lipinski definition) is 5. The van der Waals surface area contributed by atoms with Crippen molar-refractivity contribution in [1.82, 2.24) is 5.32 Å². The van der Waals surface area contributed by atoms with Crippen LogP contribution in [0.25, 0.3) is 0 Å². The maximum Gasteiger partial charge on any atom is 0.287 e. The molecule has 16 heavy (non-hydrogen) atoms. The second-order valence-corrected chi connectivity index (χ2v) is 5.22. The fraction of sp³-hybridized carbons (Fsp3) is 0.333. The van der Waals surface area contributed by atoms with Gasteiger partial charge >= 0.3 is 0 Å². The van der Waals surface area contributed by atoms with Gasteiger partial charge in [0.05, 0.1) is 10.7 Å². The summed E-state index contributed by atoms with van der Waals surface area (Å²) in [5, 5.41) is 13.4. The standard InChI is InChI=1S/C9H12N2O4S/c1-10-6-7-16(14,15)9-5-3-2-4-8(9)11(12)13/h2-5,10H,6-7H2,1H3. The van der Waals surface area contributed by atoms with Crippen molar-refractivity contribution < 1.29 is 13.3 Å². The first-order chi connectivity index (χ1) is 7.49. The normalized spacial score (nSPS) is 11.3. The van der Waals surface area contributed by atoms with Crippen LogP contribution in [-0.4, -0.2) is 32.7 Å². The molecule has 0 aliphatic rings. The van der Waals surface area contributed by atoms with Crippen LogP contribution in [0.15, 0.2) is 29.2 Å². The van der Waals surface area contributed by atoms with Gasteiger partial charge in [-0.25, -0.2) is 8.42 Å². The third-order valence-electron chi connectivity index (χ3n) is 2.02. The van der Waals surface area contributed by atoms with Gasteiger partial charge in [0, 0.05) is 12.6 Å². The van der Waals surface area contributed by atoms with Gasteiger partial charge in [-0.05, 0) is 13.1 Å². The number of nitro groups is 1. The van der Waals surface area contributed by atoms with Crippen LogP contribution in [-0.2, 0) is 9.84 Å². The number of nitrogens with zero attached hydrogens (tertiary/aromatic N) is 1. The predicted molar refractivity (Wildman–Crippen MR) is 59.1 cm³/mol. The van der Waals surface area contributed by atoms with Crippen molar-refractivity contribution in [2.45, 2.75) is 4.90 Å². The first-order valence-electron chi connectivity index (χ1n) is 4.60. The van der Waals surface area contributed by atoms with Crippen LogP contribution in [0.5, 0.6) is 0 Å². The van der Waals surface area contributed by atoms with Crippen LogP contribution in [0.4, 0.5) is 5.69 Å². The van der Waals surface area contributed by atoms with Crippen molar-refractivity contribution in [2.24, 2.45) is 0 Å². The minimum absolute atomic E-state index is 0.158. The number of nitrogens with one attached hydrogen (secondary N) is 1. The summed E-state index contributed by atoms with van der Waals surface area (Å²) in [5.41, 5.74) is -0.376. The number of rotatable bonds is 5. The fourth-order valence-electron chi connectivity index (χ4n) is 1.22. The molecule has 0 saturated heterocycles. The molecule has 0 aliphatic heterocycles. The molecule has 1 N–H and O–H groups in total. The van der Waals surface area contributed by atoms with E-state index in [4.69, 9.17) is 0 Å². The van der Waals surface area contributed by atoms with Crippen LogP contribution in [0.3, 0.4) is 0 Å². The summed E-state index contributed by atoms with van der Waals surface area (Å²) in [6.07, 6.45) is 0. The maximum absolute atomic E-state index is 11.8. The molecule has 0 aliphatic carbocycles. The molecule has 0 saturated carbocycles. The van der Waals surface area contributed by atoms with Gasteiger partial charge in [-0.3, -0.25) is 10.1 Å². The lowest BCUT2D eigenvalue weighted by molar-refractivity contribution is -0.387. The van der Waals surface area contributed by atoms with Crippen LogP contribution >= 0.6 is 0 Å².